The SMILES string of the molecule is O=C(CN1CCN(C(=O)c2cc(-c3ccncc3)nc3ccccc23)CC1)NCc1ccccc1. The van der Waals surface area contributed by atoms with Crippen molar-refractivity contribution in [1.29, 1.82) is 0 Å². The molecule has 1 fully saturated rings. The number of pyridine rings is 2. The van der Waals surface area contributed by atoms with Gasteiger partial charge in [0.2, 0.25) is 5.91 Å². The lowest BCUT2D eigenvalue weighted by Gasteiger charge is -2.34. The van der Waals surface area contributed by atoms with Gasteiger partial charge in [-0.25, -0.2) is 4.98 Å². The Kier molecular flexibility index (Phi) is 6.77. The Morgan fingerprint density at radius 1 is 0.857 bits per heavy atom. The summed E-state index contributed by atoms with van der Waals surface area (Å²) in [5.41, 5.74) is 4.19. The van der Waals surface area contributed by atoms with Gasteiger partial charge in [0.05, 0.1) is 23.3 Å². The molecule has 0 atom stereocenters. The molecular weight excluding hydrogens is 438 g/mol. The van der Waals surface area contributed by atoms with Gasteiger partial charge in [-0.05, 0) is 29.8 Å². The largest absolute Gasteiger partial charge is 0.351 e. The molecule has 1 aliphatic heterocycles. The first kappa shape index (κ1) is 22.7. The number of amides is 2. The van der Waals surface area contributed by atoms with E-state index in [9.17, 15) is 9.59 Å². The van der Waals surface area contributed by atoms with E-state index in [2.05, 4.69) is 15.2 Å². The summed E-state index contributed by atoms with van der Waals surface area (Å²) in [4.78, 5) is 38.8. The Morgan fingerprint density at radius 2 is 1.57 bits per heavy atom. The Morgan fingerprint density at radius 3 is 2.34 bits per heavy atom. The van der Waals surface area contributed by atoms with Crippen molar-refractivity contribution in [2.75, 3.05) is 32.7 Å². The van der Waals surface area contributed by atoms with Gasteiger partial charge in [0.15, 0.2) is 0 Å². The molecule has 0 unspecified atom stereocenters. The maximum atomic E-state index is 13.6. The molecule has 0 spiro atoms. The molecule has 2 aromatic heterocycles. The van der Waals surface area contributed by atoms with Gasteiger partial charge in [-0.1, -0.05) is 48.5 Å². The first-order valence-electron chi connectivity index (χ1n) is 11.8. The molecule has 7 nitrogen and oxygen atoms in total. The smallest absolute Gasteiger partial charge is 0.254 e. The van der Waals surface area contributed by atoms with Crippen molar-refractivity contribution < 1.29 is 9.59 Å². The standard InChI is InChI=1S/C28H27N5O2/c34-27(30-19-21-6-2-1-3-7-21)20-32-14-16-33(17-15-32)28(35)24-18-26(22-10-12-29-13-11-22)31-25-9-5-4-8-23(24)25/h1-13,18H,14-17,19-20H2,(H,30,34). The number of benzene rings is 2. The Labute approximate surface area is 204 Å². The number of hydrogen-bond acceptors (Lipinski definition) is 5. The molecule has 5 rings (SSSR count). The van der Waals surface area contributed by atoms with E-state index in [1.165, 1.54) is 0 Å². The monoisotopic (exact) mass is 465 g/mol. The molecule has 2 aromatic carbocycles. The van der Waals surface area contributed by atoms with Crippen LogP contribution in [-0.4, -0.2) is 64.3 Å². The van der Waals surface area contributed by atoms with Crippen molar-refractivity contribution in [3.63, 3.8) is 0 Å². The average molecular weight is 466 g/mol. The number of piperazine rings is 1. The van der Waals surface area contributed by atoms with Crippen LogP contribution in [-0.2, 0) is 11.3 Å². The summed E-state index contributed by atoms with van der Waals surface area (Å²) in [5, 5.41) is 3.82. The molecule has 0 saturated carbocycles. The van der Waals surface area contributed by atoms with Gasteiger partial charge in [0.1, 0.15) is 0 Å². The van der Waals surface area contributed by atoms with Gasteiger partial charge < -0.3 is 10.2 Å². The van der Waals surface area contributed by atoms with E-state index < -0.39 is 0 Å². The number of para-hydroxylation sites is 1. The molecule has 0 bridgehead atoms. The third kappa shape index (κ3) is 5.36. The zero-order chi connectivity index (χ0) is 24.0. The number of rotatable bonds is 6. The van der Waals surface area contributed by atoms with Crippen LogP contribution >= 0.6 is 0 Å². The zero-order valence-electron chi connectivity index (χ0n) is 19.4. The Balaban J connectivity index is 1.24. The molecule has 1 saturated heterocycles. The number of carbonyl (C=O) groups excluding carboxylic acids is 2. The Hall–Kier alpha value is -4.10. The lowest BCUT2D eigenvalue weighted by Crippen LogP contribution is -2.51. The van der Waals surface area contributed by atoms with Gasteiger partial charge in [-0.15, -0.1) is 0 Å². The molecular formula is C28H27N5O2. The molecule has 7 heteroatoms. The van der Waals surface area contributed by atoms with Crippen LogP contribution in [0.25, 0.3) is 22.2 Å². The van der Waals surface area contributed by atoms with Crippen LogP contribution in [0.3, 0.4) is 0 Å². The third-order valence-electron chi connectivity index (χ3n) is 6.28. The first-order valence-corrected chi connectivity index (χ1v) is 11.8. The zero-order valence-corrected chi connectivity index (χ0v) is 19.4. The maximum absolute atomic E-state index is 13.6. The fraction of sp³-hybridized carbons (Fsp3) is 0.214. The van der Waals surface area contributed by atoms with Crippen molar-refractivity contribution in [2.45, 2.75) is 6.54 Å². The second kappa shape index (κ2) is 10.4. The molecule has 1 N–H and O–H groups in total. The normalized spacial score (nSPS) is 14.1. The number of carbonyl (C=O) groups is 2. The van der Waals surface area contributed by atoms with Gasteiger partial charge >= 0.3 is 0 Å². The predicted molar refractivity (Wildman–Crippen MR) is 136 cm³/mol. The van der Waals surface area contributed by atoms with Crippen molar-refractivity contribution in [3.8, 4) is 11.3 Å². The van der Waals surface area contributed by atoms with Crippen LogP contribution in [0.4, 0.5) is 0 Å². The number of hydrogen-bond donors (Lipinski definition) is 1. The molecule has 2 amide bonds. The van der Waals surface area contributed by atoms with E-state index in [0.717, 1.165) is 27.7 Å². The maximum Gasteiger partial charge on any atom is 0.254 e. The molecule has 3 heterocycles. The summed E-state index contributed by atoms with van der Waals surface area (Å²) in [6.45, 7) is 3.32. The third-order valence-corrected chi connectivity index (χ3v) is 6.28. The highest BCUT2D eigenvalue weighted by Gasteiger charge is 2.25. The Bertz CT molecular complexity index is 1320. The highest BCUT2D eigenvalue weighted by atomic mass is 16.2. The molecule has 0 aliphatic carbocycles. The van der Waals surface area contributed by atoms with Gasteiger partial charge in [-0.2, -0.15) is 0 Å². The summed E-state index contributed by atoms with van der Waals surface area (Å²) in [6, 6.07) is 23.3. The second-order valence-corrected chi connectivity index (χ2v) is 8.64. The fourth-order valence-electron chi connectivity index (χ4n) is 4.36. The molecule has 176 valence electrons. The number of fused-ring (bicyclic) bond motifs is 1. The van der Waals surface area contributed by atoms with Crippen LogP contribution in [0.15, 0.2) is 85.2 Å². The van der Waals surface area contributed by atoms with Crippen molar-refractivity contribution >= 4 is 22.7 Å². The number of aromatic nitrogens is 2. The highest BCUT2D eigenvalue weighted by Crippen LogP contribution is 2.26. The summed E-state index contributed by atoms with van der Waals surface area (Å²) >= 11 is 0. The lowest BCUT2D eigenvalue weighted by atomic mass is 10.0. The summed E-state index contributed by atoms with van der Waals surface area (Å²) < 4.78 is 0. The van der Waals surface area contributed by atoms with E-state index >= 15 is 0 Å². The van der Waals surface area contributed by atoms with Crippen LogP contribution in [0.1, 0.15) is 15.9 Å². The summed E-state index contributed by atoms with van der Waals surface area (Å²) in [7, 11) is 0. The van der Waals surface area contributed by atoms with Gasteiger partial charge in [0.25, 0.3) is 5.91 Å². The lowest BCUT2D eigenvalue weighted by molar-refractivity contribution is -0.122. The van der Waals surface area contributed by atoms with Gasteiger partial charge in [-0.3, -0.25) is 19.5 Å². The van der Waals surface area contributed by atoms with Gasteiger partial charge in [0, 0.05) is 56.1 Å². The topological polar surface area (TPSA) is 78.4 Å². The highest BCUT2D eigenvalue weighted by molar-refractivity contribution is 6.07. The second-order valence-electron chi connectivity index (χ2n) is 8.64. The van der Waals surface area contributed by atoms with E-state index in [1.54, 1.807) is 12.4 Å². The quantitative estimate of drug-likeness (QED) is 0.472. The van der Waals surface area contributed by atoms with Crippen LogP contribution in [0.5, 0.6) is 0 Å². The number of nitrogens with zero attached hydrogens (tertiary/aromatic N) is 4. The summed E-state index contributed by atoms with van der Waals surface area (Å²) in [6.07, 6.45) is 3.45. The molecule has 1 aliphatic rings. The minimum Gasteiger partial charge on any atom is -0.351 e. The van der Waals surface area contributed by atoms with Crippen molar-refractivity contribution in [1.82, 2.24) is 25.1 Å². The minimum atomic E-state index is -0.00733. The minimum absolute atomic E-state index is 0.00394. The number of nitrogens with one attached hydrogen (secondary N) is 1. The van der Waals surface area contributed by atoms with Crippen LogP contribution < -0.4 is 5.32 Å². The van der Waals surface area contributed by atoms with Crippen molar-refractivity contribution in [2.24, 2.45) is 0 Å². The van der Waals surface area contributed by atoms with Crippen molar-refractivity contribution in [3.05, 3.63) is 96.3 Å². The van der Waals surface area contributed by atoms with E-state index in [1.807, 2.05) is 77.7 Å². The van der Waals surface area contributed by atoms with E-state index in [4.69, 9.17) is 4.98 Å². The van der Waals surface area contributed by atoms with Crippen LogP contribution in [0.2, 0.25) is 0 Å². The molecule has 4 aromatic rings. The fourth-order valence-corrected chi connectivity index (χ4v) is 4.36. The van der Waals surface area contributed by atoms with E-state index in [-0.39, 0.29) is 11.8 Å². The molecule has 0 radical (unpaired) electrons. The average Bonchev–Trinajstić information content (AvgIpc) is 2.92. The summed E-state index contributed by atoms with van der Waals surface area (Å²) in [5.74, 6) is -0.0113. The predicted octanol–water partition coefficient (Wildman–Crippen LogP) is 3.37. The first-order chi connectivity index (χ1) is 17.2. The van der Waals surface area contributed by atoms with E-state index in [0.29, 0.717) is 44.8 Å². The molecule has 35 heavy (non-hydrogen) atoms. The van der Waals surface area contributed by atoms with Crippen LogP contribution in [0, 0.1) is 0 Å².